The number of H-pyrrole nitrogens is 1. The predicted molar refractivity (Wildman–Crippen MR) is 117 cm³/mol. The average molecular weight is 434 g/mol. The molecule has 0 unspecified atom stereocenters. The van der Waals surface area contributed by atoms with Crippen molar-refractivity contribution in [1.29, 1.82) is 0 Å². The Morgan fingerprint density at radius 2 is 1.75 bits per heavy atom. The molecule has 162 valence electrons. The Balaban J connectivity index is 1.96. The second kappa shape index (κ2) is 7.51. The molecule has 0 spiro atoms. The summed E-state index contributed by atoms with van der Waals surface area (Å²) in [5.74, 6) is -1.01. The van der Waals surface area contributed by atoms with Crippen LogP contribution in [0.25, 0.3) is 38.8 Å². The number of fused-ring (bicyclic) bond motifs is 2. The molecule has 0 bridgehead atoms. The van der Waals surface area contributed by atoms with Gasteiger partial charge in [-0.2, -0.15) is 5.10 Å². The van der Waals surface area contributed by atoms with E-state index in [9.17, 15) is 14.6 Å². The Morgan fingerprint density at radius 3 is 2.44 bits per heavy atom. The maximum absolute atomic E-state index is 15.1. The number of aliphatic hydroxyl groups is 2. The summed E-state index contributed by atoms with van der Waals surface area (Å²) in [6.07, 6.45) is -0.130. The number of rotatable bonds is 4. The van der Waals surface area contributed by atoms with E-state index >= 15 is 4.39 Å². The minimum absolute atomic E-state index is 0.0176. The molecular formula is C24H20F2N4O2. The molecule has 0 amide bonds. The molecule has 3 aromatic heterocycles. The minimum Gasteiger partial charge on any atom is -0.363 e. The molecule has 0 atom stereocenters. The van der Waals surface area contributed by atoms with Crippen LogP contribution in [-0.2, 0) is 0 Å². The molecular weight excluding hydrogens is 414 g/mol. The number of hydrogen-bond acceptors (Lipinski definition) is 4. The number of nitrogens with one attached hydrogen (secondary N) is 1. The van der Waals surface area contributed by atoms with Gasteiger partial charge in [-0.05, 0) is 54.4 Å². The van der Waals surface area contributed by atoms with Crippen LogP contribution < -0.4 is 0 Å². The summed E-state index contributed by atoms with van der Waals surface area (Å²) in [6, 6.07) is 12.3. The lowest BCUT2D eigenvalue weighted by Crippen LogP contribution is -2.06. The largest absolute Gasteiger partial charge is 0.363 e. The molecule has 2 aromatic carbocycles. The number of nitrogens with zero attached hydrogens (tertiary/aromatic N) is 3. The number of pyridine rings is 1. The molecule has 3 heterocycles. The third-order valence-electron chi connectivity index (χ3n) is 5.56. The van der Waals surface area contributed by atoms with E-state index in [1.54, 1.807) is 18.3 Å². The Labute approximate surface area is 181 Å². The maximum atomic E-state index is 15.1. The van der Waals surface area contributed by atoms with Crippen molar-refractivity contribution < 1.29 is 19.0 Å². The summed E-state index contributed by atoms with van der Waals surface area (Å²) in [5, 5.41) is 27.8. The Bertz CT molecular complexity index is 1450. The van der Waals surface area contributed by atoms with E-state index < -0.39 is 12.1 Å². The smallest absolute Gasteiger partial charge is 0.196 e. The molecule has 0 aliphatic heterocycles. The summed E-state index contributed by atoms with van der Waals surface area (Å²) in [4.78, 5) is 4.25. The van der Waals surface area contributed by atoms with Crippen LogP contribution in [-0.4, -0.2) is 30.0 Å². The highest BCUT2D eigenvalue weighted by atomic mass is 19.1. The molecule has 5 aromatic rings. The summed E-state index contributed by atoms with van der Waals surface area (Å²) in [5.41, 5.74) is 3.53. The van der Waals surface area contributed by atoms with E-state index in [0.717, 1.165) is 22.1 Å². The van der Waals surface area contributed by atoms with Crippen LogP contribution in [0.4, 0.5) is 8.78 Å². The van der Waals surface area contributed by atoms with Gasteiger partial charge >= 0.3 is 0 Å². The molecule has 0 fully saturated rings. The SMILES string of the molecule is CC(C)c1c(-c2nc(C(O)O)ccc2F)c2cc3[nH]ncc3cc2n1-c1ccc(F)cc1. The van der Waals surface area contributed by atoms with Crippen molar-refractivity contribution in [3.63, 3.8) is 0 Å². The Morgan fingerprint density at radius 1 is 1.00 bits per heavy atom. The molecule has 5 rings (SSSR count). The van der Waals surface area contributed by atoms with Crippen molar-refractivity contribution in [2.75, 3.05) is 0 Å². The Kier molecular flexibility index (Phi) is 4.76. The first-order valence-electron chi connectivity index (χ1n) is 10.2. The van der Waals surface area contributed by atoms with Crippen molar-refractivity contribution in [2.24, 2.45) is 0 Å². The fraction of sp³-hybridized carbons (Fsp3) is 0.167. The molecule has 3 N–H and O–H groups in total. The highest BCUT2D eigenvalue weighted by Gasteiger charge is 2.26. The van der Waals surface area contributed by atoms with E-state index in [1.165, 1.54) is 24.3 Å². The van der Waals surface area contributed by atoms with Gasteiger partial charge in [-0.3, -0.25) is 5.10 Å². The Hall–Kier alpha value is -3.62. The average Bonchev–Trinajstić information content (AvgIpc) is 3.34. The molecule has 0 saturated carbocycles. The van der Waals surface area contributed by atoms with Crippen molar-refractivity contribution in [3.8, 4) is 16.9 Å². The second-order valence-electron chi connectivity index (χ2n) is 7.99. The lowest BCUT2D eigenvalue weighted by molar-refractivity contribution is -0.0458. The van der Waals surface area contributed by atoms with Gasteiger partial charge in [0.25, 0.3) is 0 Å². The lowest BCUT2D eigenvalue weighted by Gasteiger charge is -2.16. The van der Waals surface area contributed by atoms with Crippen LogP contribution in [0.5, 0.6) is 0 Å². The minimum atomic E-state index is -1.83. The van der Waals surface area contributed by atoms with Crippen LogP contribution in [0.1, 0.15) is 37.4 Å². The van der Waals surface area contributed by atoms with Gasteiger partial charge in [0.1, 0.15) is 17.3 Å². The fourth-order valence-corrected chi connectivity index (χ4v) is 4.18. The second-order valence-corrected chi connectivity index (χ2v) is 7.99. The first-order chi connectivity index (χ1) is 15.3. The van der Waals surface area contributed by atoms with Crippen LogP contribution in [0, 0.1) is 11.6 Å². The van der Waals surface area contributed by atoms with Crippen molar-refractivity contribution in [2.45, 2.75) is 26.1 Å². The van der Waals surface area contributed by atoms with E-state index in [2.05, 4.69) is 15.2 Å². The molecule has 0 radical (unpaired) electrons. The van der Waals surface area contributed by atoms with Crippen LogP contribution >= 0.6 is 0 Å². The number of hydrogen-bond donors (Lipinski definition) is 3. The van der Waals surface area contributed by atoms with E-state index in [1.807, 2.05) is 30.5 Å². The maximum Gasteiger partial charge on any atom is 0.196 e. The first-order valence-corrected chi connectivity index (χ1v) is 10.2. The summed E-state index contributed by atoms with van der Waals surface area (Å²) < 4.78 is 30.7. The molecule has 0 saturated heterocycles. The third kappa shape index (κ3) is 3.16. The van der Waals surface area contributed by atoms with E-state index in [4.69, 9.17) is 0 Å². The number of benzene rings is 2. The van der Waals surface area contributed by atoms with Gasteiger partial charge in [0.15, 0.2) is 6.29 Å². The summed E-state index contributed by atoms with van der Waals surface area (Å²) in [7, 11) is 0. The lowest BCUT2D eigenvalue weighted by atomic mass is 9.99. The van der Waals surface area contributed by atoms with Gasteiger partial charge < -0.3 is 14.8 Å². The quantitative estimate of drug-likeness (QED) is 0.349. The van der Waals surface area contributed by atoms with Crippen molar-refractivity contribution in [3.05, 3.63) is 77.8 Å². The zero-order valence-corrected chi connectivity index (χ0v) is 17.3. The first kappa shape index (κ1) is 20.3. The molecule has 6 nitrogen and oxygen atoms in total. The highest BCUT2D eigenvalue weighted by molar-refractivity contribution is 6.05. The normalized spacial score (nSPS) is 12.0. The standard InChI is InChI=1S/C24H20F2N4O2/c1-12(2)23-21(22-17(26)7-8-18(28-22)24(31)32)16-10-19-13(11-27-29-19)9-20(16)30(23)15-5-3-14(25)4-6-15/h3-12,24,31-32H,1-2H3,(H,27,29). The number of aromatic amines is 1. The van der Waals surface area contributed by atoms with Crippen molar-refractivity contribution >= 4 is 21.8 Å². The zero-order valence-electron chi connectivity index (χ0n) is 17.3. The van der Waals surface area contributed by atoms with Crippen LogP contribution in [0.3, 0.4) is 0 Å². The van der Waals surface area contributed by atoms with E-state index in [0.29, 0.717) is 16.6 Å². The third-order valence-corrected chi connectivity index (χ3v) is 5.56. The zero-order chi connectivity index (χ0) is 22.6. The van der Waals surface area contributed by atoms with Gasteiger partial charge in [0, 0.05) is 27.7 Å². The summed E-state index contributed by atoms with van der Waals surface area (Å²) >= 11 is 0. The monoisotopic (exact) mass is 434 g/mol. The number of aromatic nitrogens is 4. The number of halogens is 2. The van der Waals surface area contributed by atoms with E-state index in [-0.39, 0.29) is 23.1 Å². The molecule has 8 heteroatoms. The topological polar surface area (TPSA) is 87.0 Å². The van der Waals surface area contributed by atoms with Crippen LogP contribution in [0.15, 0.2) is 54.7 Å². The van der Waals surface area contributed by atoms with Gasteiger partial charge in [0.05, 0.1) is 22.9 Å². The summed E-state index contributed by atoms with van der Waals surface area (Å²) in [6.45, 7) is 3.96. The fourth-order valence-electron chi connectivity index (χ4n) is 4.18. The van der Waals surface area contributed by atoms with Gasteiger partial charge in [-0.15, -0.1) is 0 Å². The van der Waals surface area contributed by atoms with Gasteiger partial charge in [-0.25, -0.2) is 13.8 Å². The molecule has 32 heavy (non-hydrogen) atoms. The molecule has 0 aliphatic carbocycles. The van der Waals surface area contributed by atoms with Crippen LogP contribution in [0.2, 0.25) is 0 Å². The predicted octanol–water partition coefficient (Wildman–Crippen LogP) is 4.95. The van der Waals surface area contributed by atoms with Crippen molar-refractivity contribution in [1.82, 2.24) is 19.7 Å². The van der Waals surface area contributed by atoms with Gasteiger partial charge in [-0.1, -0.05) is 13.8 Å². The molecule has 0 aliphatic rings. The number of aliphatic hydroxyl groups excluding tert-OH is 1. The van der Waals surface area contributed by atoms with Gasteiger partial charge in [0.2, 0.25) is 0 Å². The highest BCUT2D eigenvalue weighted by Crippen LogP contribution is 2.42.